The number of halogens is 1. The third kappa shape index (κ3) is 4.35. The van der Waals surface area contributed by atoms with Crippen molar-refractivity contribution in [3.63, 3.8) is 0 Å². The quantitative estimate of drug-likeness (QED) is 0.813. The van der Waals surface area contributed by atoms with Crippen LogP contribution in [0.25, 0.3) is 0 Å². The zero-order valence-electron chi connectivity index (χ0n) is 15.0. The molecule has 0 aliphatic carbocycles. The minimum Gasteiger partial charge on any atom is -0.495 e. The van der Waals surface area contributed by atoms with Gasteiger partial charge < -0.3 is 10.1 Å². The number of carbonyl (C=O) groups is 1. The van der Waals surface area contributed by atoms with Crippen molar-refractivity contribution in [2.24, 2.45) is 0 Å². The van der Waals surface area contributed by atoms with Crippen LogP contribution in [0.1, 0.15) is 11.1 Å². The van der Waals surface area contributed by atoms with Crippen LogP contribution in [0, 0.1) is 13.8 Å². The van der Waals surface area contributed by atoms with Crippen molar-refractivity contribution < 1.29 is 17.9 Å². The third-order valence-corrected chi connectivity index (χ3v) is 6.17. The van der Waals surface area contributed by atoms with Crippen molar-refractivity contribution >= 4 is 33.2 Å². The number of anilines is 1. The molecule has 0 aliphatic heterocycles. The molecular weight excluding hydrogens is 376 g/mol. The van der Waals surface area contributed by atoms with E-state index in [1.165, 1.54) is 32.4 Å². The van der Waals surface area contributed by atoms with Crippen LogP contribution in [0.5, 0.6) is 5.75 Å². The zero-order valence-corrected chi connectivity index (χ0v) is 16.6. The molecule has 0 aliphatic rings. The van der Waals surface area contributed by atoms with Gasteiger partial charge in [-0.3, -0.25) is 4.79 Å². The molecule has 6 nitrogen and oxygen atoms in total. The number of likely N-dealkylation sites (N-methyl/N-ethyl adjacent to an activating group) is 1. The highest BCUT2D eigenvalue weighted by Gasteiger charge is 2.24. The molecule has 1 N–H and O–H groups in total. The Labute approximate surface area is 158 Å². The van der Waals surface area contributed by atoms with Gasteiger partial charge >= 0.3 is 0 Å². The van der Waals surface area contributed by atoms with Crippen LogP contribution < -0.4 is 10.1 Å². The molecule has 0 unspecified atom stereocenters. The summed E-state index contributed by atoms with van der Waals surface area (Å²) in [5.74, 6) is -0.0506. The van der Waals surface area contributed by atoms with E-state index in [2.05, 4.69) is 5.32 Å². The molecule has 2 rings (SSSR count). The van der Waals surface area contributed by atoms with Gasteiger partial charge in [-0.2, -0.15) is 4.31 Å². The van der Waals surface area contributed by atoms with E-state index in [1.807, 2.05) is 26.0 Å². The molecule has 0 heterocycles. The van der Waals surface area contributed by atoms with Gasteiger partial charge in [0.1, 0.15) is 5.75 Å². The lowest BCUT2D eigenvalue weighted by molar-refractivity contribution is -0.116. The maximum atomic E-state index is 12.6. The molecule has 0 aromatic heterocycles. The number of carbonyl (C=O) groups excluding carboxylic acids is 1. The number of ether oxygens (including phenoxy) is 1. The molecule has 0 saturated heterocycles. The number of hydrogen-bond donors (Lipinski definition) is 1. The standard InChI is InChI=1S/C18H21ClN2O4S/c1-12-6-5-7-16(13(12)2)20-18(22)11-21(3)26(23,24)14-8-9-17(25-4)15(19)10-14/h5-10H,11H2,1-4H3,(H,20,22). The number of rotatable bonds is 6. The summed E-state index contributed by atoms with van der Waals surface area (Å²) < 4.78 is 31.3. The first-order valence-electron chi connectivity index (χ1n) is 7.82. The summed E-state index contributed by atoms with van der Waals surface area (Å²) in [6.45, 7) is 3.51. The molecule has 0 saturated carbocycles. The van der Waals surface area contributed by atoms with E-state index in [0.717, 1.165) is 15.4 Å². The molecule has 0 radical (unpaired) electrons. The van der Waals surface area contributed by atoms with E-state index >= 15 is 0 Å². The maximum Gasteiger partial charge on any atom is 0.243 e. The largest absolute Gasteiger partial charge is 0.495 e. The van der Waals surface area contributed by atoms with E-state index in [-0.39, 0.29) is 16.5 Å². The SMILES string of the molecule is COc1ccc(S(=O)(=O)N(C)CC(=O)Nc2cccc(C)c2C)cc1Cl. The van der Waals surface area contributed by atoms with Crippen molar-refractivity contribution in [2.45, 2.75) is 18.7 Å². The number of nitrogens with one attached hydrogen (secondary N) is 1. The Morgan fingerprint density at radius 1 is 1.23 bits per heavy atom. The molecule has 2 aromatic rings. The van der Waals surface area contributed by atoms with Gasteiger partial charge in [-0.1, -0.05) is 23.7 Å². The van der Waals surface area contributed by atoms with Gasteiger partial charge in [0.05, 0.1) is 23.6 Å². The van der Waals surface area contributed by atoms with Crippen LogP contribution in [0.4, 0.5) is 5.69 Å². The highest BCUT2D eigenvalue weighted by Crippen LogP contribution is 2.28. The number of hydrogen-bond acceptors (Lipinski definition) is 4. The van der Waals surface area contributed by atoms with Crippen LogP contribution in [0.2, 0.25) is 5.02 Å². The maximum absolute atomic E-state index is 12.6. The smallest absolute Gasteiger partial charge is 0.243 e. The van der Waals surface area contributed by atoms with E-state index in [9.17, 15) is 13.2 Å². The molecule has 26 heavy (non-hydrogen) atoms. The Bertz CT molecular complexity index is 929. The molecule has 8 heteroatoms. The molecule has 0 fully saturated rings. The highest BCUT2D eigenvalue weighted by atomic mass is 35.5. The Balaban J connectivity index is 2.14. The average Bonchev–Trinajstić information content (AvgIpc) is 2.58. The van der Waals surface area contributed by atoms with E-state index in [0.29, 0.717) is 11.4 Å². The first kappa shape index (κ1) is 20.2. The molecule has 0 atom stereocenters. The molecule has 140 valence electrons. The predicted molar refractivity (Wildman–Crippen MR) is 102 cm³/mol. The van der Waals surface area contributed by atoms with Crippen molar-refractivity contribution in [1.29, 1.82) is 0 Å². The van der Waals surface area contributed by atoms with E-state index in [1.54, 1.807) is 6.07 Å². The van der Waals surface area contributed by atoms with Crippen molar-refractivity contribution in [3.05, 3.63) is 52.5 Å². The summed E-state index contributed by atoms with van der Waals surface area (Å²) in [6.07, 6.45) is 0. The fourth-order valence-corrected chi connectivity index (χ4v) is 3.83. The highest BCUT2D eigenvalue weighted by molar-refractivity contribution is 7.89. The number of nitrogens with zero attached hydrogens (tertiary/aromatic N) is 1. The Morgan fingerprint density at radius 2 is 1.92 bits per heavy atom. The number of sulfonamides is 1. The summed E-state index contributed by atoms with van der Waals surface area (Å²) in [6, 6.07) is 9.71. The number of benzene rings is 2. The van der Waals surface area contributed by atoms with Crippen molar-refractivity contribution in [3.8, 4) is 5.75 Å². The molecular formula is C18H21ClN2O4S. The first-order valence-corrected chi connectivity index (χ1v) is 9.64. The number of amides is 1. The molecule has 0 bridgehead atoms. The molecule has 1 amide bonds. The van der Waals surface area contributed by atoms with E-state index < -0.39 is 15.9 Å². The predicted octanol–water partition coefficient (Wildman–Crippen LogP) is 3.22. The topological polar surface area (TPSA) is 75.7 Å². The molecule has 2 aromatic carbocycles. The number of aryl methyl sites for hydroxylation is 1. The summed E-state index contributed by atoms with van der Waals surface area (Å²) in [7, 11) is -1.07. The second-order valence-corrected chi connectivity index (χ2v) is 8.31. The number of methoxy groups -OCH3 is 1. The Kier molecular flexibility index (Phi) is 6.28. The fraction of sp³-hybridized carbons (Fsp3) is 0.278. The van der Waals surface area contributed by atoms with Crippen molar-refractivity contribution in [1.82, 2.24) is 4.31 Å². The van der Waals surface area contributed by atoms with Crippen LogP contribution >= 0.6 is 11.6 Å². The van der Waals surface area contributed by atoms with Gasteiger partial charge in [0, 0.05) is 12.7 Å². The van der Waals surface area contributed by atoms with Crippen LogP contribution in [0.3, 0.4) is 0 Å². The van der Waals surface area contributed by atoms with Crippen molar-refractivity contribution in [2.75, 3.05) is 26.0 Å². The van der Waals surface area contributed by atoms with Crippen LogP contribution in [0.15, 0.2) is 41.3 Å². The lowest BCUT2D eigenvalue weighted by Gasteiger charge is -2.18. The second-order valence-electron chi connectivity index (χ2n) is 5.85. The first-order chi connectivity index (χ1) is 12.2. The minimum absolute atomic E-state index is 0.00895. The lowest BCUT2D eigenvalue weighted by atomic mass is 10.1. The summed E-state index contributed by atoms with van der Waals surface area (Å²) >= 11 is 6.00. The lowest BCUT2D eigenvalue weighted by Crippen LogP contribution is -2.35. The van der Waals surface area contributed by atoms with Crippen LogP contribution in [-0.4, -0.2) is 39.3 Å². The van der Waals surface area contributed by atoms with Gasteiger partial charge in [0.25, 0.3) is 0 Å². The van der Waals surface area contributed by atoms with Gasteiger partial charge in [-0.25, -0.2) is 8.42 Å². The zero-order chi connectivity index (χ0) is 19.5. The summed E-state index contributed by atoms with van der Waals surface area (Å²) in [4.78, 5) is 12.3. The summed E-state index contributed by atoms with van der Waals surface area (Å²) in [5, 5.41) is 2.93. The fourth-order valence-electron chi connectivity index (χ4n) is 2.35. The van der Waals surface area contributed by atoms with Gasteiger partial charge in [0.15, 0.2) is 0 Å². The molecule has 0 spiro atoms. The Morgan fingerprint density at radius 3 is 2.54 bits per heavy atom. The van der Waals surface area contributed by atoms with E-state index in [4.69, 9.17) is 16.3 Å². The second kappa shape index (κ2) is 8.07. The monoisotopic (exact) mass is 396 g/mol. The Hall–Kier alpha value is -2.09. The summed E-state index contributed by atoms with van der Waals surface area (Å²) in [5.41, 5.74) is 2.64. The van der Waals surface area contributed by atoms with Crippen LogP contribution in [-0.2, 0) is 14.8 Å². The van der Waals surface area contributed by atoms with Gasteiger partial charge in [-0.05, 0) is 49.2 Å². The normalized spacial score (nSPS) is 11.5. The van der Waals surface area contributed by atoms with Gasteiger partial charge in [-0.15, -0.1) is 0 Å². The third-order valence-electron chi connectivity index (χ3n) is 4.08. The minimum atomic E-state index is -3.86. The van der Waals surface area contributed by atoms with Gasteiger partial charge in [0.2, 0.25) is 15.9 Å². The average molecular weight is 397 g/mol.